The molecule has 2 nitrogen and oxygen atoms in total. The first-order valence-corrected chi connectivity index (χ1v) is 7.70. The van der Waals surface area contributed by atoms with Crippen LogP contribution < -0.4 is 4.74 Å². The highest BCUT2D eigenvalue weighted by molar-refractivity contribution is 7.98. The topological polar surface area (TPSA) is 26.3 Å². The van der Waals surface area contributed by atoms with Gasteiger partial charge in [0.25, 0.3) is 0 Å². The van der Waals surface area contributed by atoms with Gasteiger partial charge in [0.2, 0.25) is 0 Å². The number of hydrogen-bond acceptors (Lipinski definition) is 3. The zero-order valence-electron chi connectivity index (χ0n) is 12.0. The van der Waals surface area contributed by atoms with Crippen LogP contribution in [0.5, 0.6) is 5.75 Å². The van der Waals surface area contributed by atoms with Crippen molar-refractivity contribution in [3.8, 4) is 5.75 Å². The van der Waals surface area contributed by atoms with Crippen LogP contribution in [-0.4, -0.2) is 18.6 Å². The number of carbonyl (C=O) groups excluding carboxylic acids is 1. The zero-order valence-corrected chi connectivity index (χ0v) is 12.8. The Kier molecular flexibility index (Phi) is 4.85. The number of carbonyl (C=O) groups is 1. The van der Waals surface area contributed by atoms with Gasteiger partial charge >= 0.3 is 0 Å². The van der Waals surface area contributed by atoms with Crippen LogP contribution in [0.2, 0.25) is 0 Å². The van der Waals surface area contributed by atoms with E-state index >= 15 is 0 Å². The van der Waals surface area contributed by atoms with Crippen LogP contribution >= 0.6 is 11.8 Å². The van der Waals surface area contributed by atoms with Crippen molar-refractivity contribution in [3.63, 3.8) is 0 Å². The van der Waals surface area contributed by atoms with Gasteiger partial charge in [-0.05, 0) is 49.4 Å². The van der Waals surface area contributed by atoms with Gasteiger partial charge in [-0.15, -0.1) is 11.8 Å². The fraction of sp³-hybridized carbons (Fsp3) is 0.235. The molecule has 0 unspecified atom stereocenters. The molecule has 0 aliphatic carbocycles. The van der Waals surface area contributed by atoms with Crippen molar-refractivity contribution < 1.29 is 9.53 Å². The van der Waals surface area contributed by atoms with Crippen LogP contribution in [0.4, 0.5) is 0 Å². The van der Waals surface area contributed by atoms with Gasteiger partial charge in [0.05, 0.1) is 0 Å². The van der Waals surface area contributed by atoms with Gasteiger partial charge in [0, 0.05) is 10.5 Å². The summed E-state index contributed by atoms with van der Waals surface area (Å²) in [6.45, 7) is 4.12. The molecule has 0 spiro atoms. The Hall–Kier alpha value is -1.74. The maximum Gasteiger partial charge on any atom is 0.200 e. The molecule has 0 amide bonds. The lowest BCUT2D eigenvalue weighted by atomic mass is 10.0. The van der Waals surface area contributed by atoms with E-state index in [9.17, 15) is 4.79 Å². The second-order valence-corrected chi connectivity index (χ2v) is 5.51. The number of rotatable bonds is 5. The Morgan fingerprint density at radius 3 is 2.55 bits per heavy atom. The minimum absolute atomic E-state index is 0.00371. The summed E-state index contributed by atoms with van der Waals surface area (Å²) < 4.78 is 5.64. The number of benzene rings is 2. The molecule has 0 heterocycles. The summed E-state index contributed by atoms with van der Waals surface area (Å²) in [5.41, 5.74) is 3.02. The third-order valence-corrected chi connectivity index (χ3v) is 4.03. The Morgan fingerprint density at radius 1 is 1.10 bits per heavy atom. The van der Waals surface area contributed by atoms with Gasteiger partial charge in [0.15, 0.2) is 12.4 Å². The molecule has 2 rings (SSSR count). The number of ether oxygens (including phenoxy) is 1. The maximum atomic E-state index is 12.1. The van der Waals surface area contributed by atoms with Crippen LogP contribution in [-0.2, 0) is 0 Å². The first-order valence-electron chi connectivity index (χ1n) is 6.48. The number of thioether (sulfide) groups is 1. The highest BCUT2D eigenvalue weighted by Gasteiger charge is 2.09. The van der Waals surface area contributed by atoms with Crippen LogP contribution in [0.3, 0.4) is 0 Å². The second-order valence-electron chi connectivity index (χ2n) is 4.66. The van der Waals surface area contributed by atoms with Gasteiger partial charge < -0.3 is 4.74 Å². The first-order chi connectivity index (χ1) is 9.61. The lowest BCUT2D eigenvalue weighted by Crippen LogP contribution is -2.12. The minimum atomic E-state index is 0.00371. The molecule has 0 saturated heterocycles. The number of aryl methyl sites for hydroxylation is 2. The van der Waals surface area contributed by atoms with Gasteiger partial charge in [-0.1, -0.05) is 24.3 Å². The highest BCUT2D eigenvalue weighted by Crippen LogP contribution is 2.26. The Labute approximate surface area is 124 Å². The standard InChI is InChI=1S/C17H18O2S/c1-12-8-9-14(10-13(12)2)15(18)11-19-16-6-4-5-7-17(16)20-3/h4-10H,11H2,1-3H3. The summed E-state index contributed by atoms with van der Waals surface area (Å²) >= 11 is 1.61. The Balaban J connectivity index is 2.06. The highest BCUT2D eigenvalue weighted by atomic mass is 32.2. The summed E-state index contributed by atoms with van der Waals surface area (Å²) in [4.78, 5) is 13.2. The monoisotopic (exact) mass is 286 g/mol. The van der Waals surface area contributed by atoms with Crippen molar-refractivity contribution >= 4 is 17.5 Å². The number of para-hydroxylation sites is 1. The summed E-state index contributed by atoms with van der Waals surface area (Å²) in [6.07, 6.45) is 1.99. The predicted molar refractivity (Wildman–Crippen MR) is 84.0 cm³/mol. The van der Waals surface area contributed by atoms with E-state index < -0.39 is 0 Å². The number of hydrogen-bond donors (Lipinski definition) is 0. The molecule has 104 valence electrons. The molecule has 0 atom stereocenters. The molecule has 0 radical (unpaired) electrons. The SMILES string of the molecule is CSc1ccccc1OCC(=O)c1ccc(C)c(C)c1. The smallest absolute Gasteiger partial charge is 0.200 e. The molecule has 20 heavy (non-hydrogen) atoms. The average Bonchev–Trinajstić information content (AvgIpc) is 2.47. The molecule has 0 aliphatic heterocycles. The minimum Gasteiger partial charge on any atom is -0.484 e. The molecular weight excluding hydrogens is 268 g/mol. The van der Waals surface area contributed by atoms with E-state index in [0.717, 1.165) is 16.2 Å². The fourth-order valence-corrected chi connectivity index (χ4v) is 2.42. The van der Waals surface area contributed by atoms with Gasteiger partial charge in [-0.3, -0.25) is 4.79 Å². The van der Waals surface area contributed by atoms with Gasteiger partial charge in [0.1, 0.15) is 5.75 Å². The van der Waals surface area contributed by atoms with E-state index in [2.05, 4.69) is 0 Å². The normalized spacial score (nSPS) is 10.3. The van der Waals surface area contributed by atoms with E-state index in [1.54, 1.807) is 11.8 Å². The number of Topliss-reactive ketones (excluding diaryl/α,β-unsaturated/α-hetero) is 1. The lowest BCUT2D eigenvalue weighted by Gasteiger charge is -2.10. The van der Waals surface area contributed by atoms with Crippen LogP contribution in [0.15, 0.2) is 47.4 Å². The summed E-state index contributed by atoms with van der Waals surface area (Å²) in [5, 5.41) is 0. The fourth-order valence-electron chi connectivity index (χ4n) is 1.88. The van der Waals surface area contributed by atoms with Crippen molar-refractivity contribution in [2.45, 2.75) is 18.7 Å². The Morgan fingerprint density at radius 2 is 1.85 bits per heavy atom. The van der Waals surface area contributed by atoms with E-state index in [4.69, 9.17) is 4.74 Å². The van der Waals surface area contributed by atoms with Crippen molar-refractivity contribution in [3.05, 3.63) is 59.2 Å². The lowest BCUT2D eigenvalue weighted by molar-refractivity contribution is 0.0919. The molecule has 2 aromatic carbocycles. The zero-order chi connectivity index (χ0) is 14.5. The summed E-state index contributed by atoms with van der Waals surface area (Å²) in [7, 11) is 0. The van der Waals surface area contributed by atoms with Crippen molar-refractivity contribution in [2.75, 3.05) is 12.9 Å². The molecule has 2 aromatic rings. The van der Waals surface area contributed by atoms with E-state index in [-0.39, 0.29) is 12.4 Å². The van der Waals surface area contributed by atoms with Crippen LogP contribution in [0.1, 0.15) is 21.5 Å². The van der Waals surface area contributed by atoms with E-state index in [0.29, 0.717) is 5.56 Å². The maximum absolute atomic E-state index is 12.1. The molecule has 0 aliphatic rings. The number of ketones is 1. The van der Waals surface area contributed by atoms with Crippen LogP contribution in [0.25, 0.3) is 0 Å². The molecule has 0 fully saturated rings. The molecule has 0 saturated carbocycles. The van der Waals surface area contributed by atoms with Crippen molar-refractivity contribution in [1.29, 1.82) is 0 Å². The quantitative estimate of drug-likeness (QED) is 0.606. The third-order valence-electron chi connectivity index (χ3n) is 3.26. The first kappa shape index (κ1) is 14.7. The molecule has 0 N–H and O–H groups in total. The summed E-state index contributed by atoms with van der Waals surface area (Å²) in [6, 6.07) is 13.5. The second kappa shape index (κ2) is 6.62. The Bertz CT molecular complexity index is 620. The van der Waals surface area contributed by atoms with E-state index in [1.165, 1.54) is 5.56 Å². The largest absolute Gasteiger partial charge is 0.484 e. The molecule has 0 bridgehead atoms. The van der Waals surface area contributed by atoms with Gasteiger partial charge in [-0.2, -0.15) is 0 Å². The van der Waals surface area contributed by atoms with Gasteiger partial charge in [-0.25, -0.2) is 0 Å². The molecule has 0 aromatic heterocycles. The molecular formula is C17H18O2S. The third kappa shape index (κ3) is 3.42. The summed E-state index contributed by atoms with van der Waals surface area (Å²) in [5.74, 6) is 0.765. The predicted octanol–water partition coefficient (Wildman–Crippen LogP) is 4.29. The van der Waals surface area contributed by atoms with E-state index in [1.807, 2.05) is 62.6 Å². The van der Waals surface area contributed by atoms with Crippen molar-refractivity contribution in [1.82, 2.24) is 0 Å². The average molecular weight is 286 g/mol. The molecule has 3 heteroatoms. The van der Waals surface area contributed by atoms with Crippen molar-refractivity contribution in [2.24, 2.45) is 0 Å². The van der Waals surface area contributed by atoms with Crippen LogP contribution in [0, 0.1) is 13.8 Å².